The van der Waals surface area contributed by atoms with Crippen LogP contribution in [-0.4, -0.2) is 63.6 Å². The maximum absolute atomic E-state index is 10.2. The van der Waals surface area contributed by atoms with Gasteiger partial charge >= 0.3 is 0 Å². The van der Waals surface area contributed by atoms with E-state index in [1.165, 1.54) is 0 Å². The molecule has 1 spiro atoms. The smallest absolute Gasteiger partial charge is 0.0755 e. The predicted octanol–water partition coefficient (Wildman–Crippen LogP) is 0.509. The van der Waals surface area contributed by atoms with Crippen molar-refractivity contribution in [2.45, 2.75) is 44.9 Å². The second-order valence-electron chi connectivity index (χ2n) is 6.43. The fourth-order valence-corrected chi connectivity index (χ4v) is 3.74. The number of hydrogen-bond donors (Lipinski definition) is 2. The fraction of sp³-hybridized carbons (Fsp3) is 0.750. The van der Waals surface area contributed by atoms with Gasteiger partial charge in [0.25, 0.3) is 0 Å². The molecular weight excluding hydrogens is 282 g/mol. The van der Waals surface area contributed by atoms with Crippen molar-refractivity contribution >= 4 is 0 Å². The summed E-state index contributed by atoms with van der Waals surface area (Å²) in [5.41, 5.74) is 1.90. The van der Waals surface area contributed by atoms with Crippen molar-refractivity contribution in [1.29, 1.82) is 0 Å². The van der Waals surface area contributed by atoms with Crippen molar-refractivity contribution in [2.24, 2.45) is 5.41 Å². The lowest BCUT2D eigenvalue weighted by Gasteiger charge is -2.56. The van der Waals surface area contributed by atoms with E-state index in [1.807, 2.05) is 6.92 Å². The van der Waals surface area contributed by atoms with Crippen LogP contribution in [0.3, 0.4) is 0 Å². The number of likely N-dealkylation sites (tertiary alicyclic amines) is 1. The molecule has 1 aliphatic carbocycles. The first-order valence-corrected chi connectivity index (χ1v) is 8.05. The van der Waals surface area contributed by atoms with Gasteiger partial charge in [-0.05, 0) is 32.9 Å². The molecule has 6 nitrogen and oxygen atoms in total. The van der Waals surface area contributed by atoms with Crippen LogP contribution in [0, 0.1) is 12.3 Å². The van der Waals surface area contributed by atoms with Crippen molar-refractivity contribution in [1.82, 2.24) is 14.9 Å². The SMILES string of the molecule is Cc1nccnc1CN1CCC2(CC1)[C@@H](O)C[C@H]2OCCO. The number of ether oxygens (including phenoxy) is 1. The molecule has 2 heterocycles. The van der Waals surface area contributed by atoms with E-state index >= 15 is 0 Å². The van der Waals surface area contributed by atoms with Gasteiger partial charge in [-0.15, -0.1) is 0 Å². The Morgan fingerprint density at radius 1 is 1.32 bits per heavy atom. The Labute approximate surface area is 131 Å². The molecule has 0 radical (unpaired) electrons. The molecule has 1 aromatic rings. The summed E-state index contributed by atoms with van der Waals surface area (Å²) in [5, 5.41) is 19.1. The van der Waals surface area contributed by atoms with E-state index in [-0.39, 0.29) is 24.2 Å². The summed E-state index contributed by atoms with van der Waals surface area (Å²) in [6, 6.07) is 0. The minimum Gasteiger partial charge on any atom is -0.394 e. The van der Waals surface area contributed by atoms with Crippen LogP contribution < -0.4 is 0 Å². The maximum atomic E-state index is 10.2. The Morgan fingerprint density at radius 2 is 2.05 bits per heavy atom. The summed E-state index contributed by atoms with van der Waals surface area (Å²) in [6.45, 7) is 5.08. The topological polar surface area (TPSA) is 78.7 Å². The molecule has 0 bridgehead atoms. The van der Waals surface area contributed by atoms with Gasteiger partial charge in [0.05, 0.1) is 36.8 Å². The zero-order chi connectivity index (χ0) is 15.6. The molecule has 0 amide bonds. The van der Waals surface area contributed by atoms with Crippen molar-refractivity contribution in [3.05, 3.63) is 23.8 Å². The molecule has 3 rings (SSSR count). The number of piperidine rings is 1. The van der Waals surface area contributed by atoms with Gasteiger partial charge in [-0.1, -0.05) is 0 Å². The molecule has 0 unspecified atom stereocenters. The third-order valence-electron chi connectivity index (χ3n) is 5.30. The lowest BCUT2D eigenvalue weighted by molar-refractivity contribution is -0.213. The summed E-state index contributed by atoms with van der Waals surface area (Å²) in [4.78, 5) is 11.1. The Hall–Kier alpha value is -1.08. The Balaban J connectivity index is 1.57. The Kier molecular flexibility index (Phi) is 4.73. The third kappa shape index (κ3) is 2.88. The maximum Gasteiger partial charge on any atom is 0.0755 e. The molecule has 22 heavy (non-hydrogen) atoms. The van der Waals surface area contributed by atoms with E-state index in [9.17, 15) is 5.11 Å². The van der Waals surface area contributed by atoms with Gasteiger partial charge in [-0.25, -0.2) is 0 Å². The van der Waals surface area contributed by atoms with E-state index in [1.54, 1.807) is 12.4 Å². The van der Waals surface area contributed by atoms with Gasteiger partial charge in [0.1, 0.15) is 0 Å². The molecule has 1 saturated heterocycles. The van der Waals surface area contributed by atoms with Gasteiger partial charge in [-0.2, -0.15) is 0 Å². The standard InChI is InChI=1S/C16H25N3O3/c1-12-13(18-5-4-17-12)11-19-6-2-16(3-7-19)14(21)10-15(16)22-9-8-20/h4-5,14-15,20-21H,2-3,6-11H2,1H3/t14-,15+/m0/s1. The first-order chi connectivity index (χ1) is 10.7. The van der Waals surface area contributed by atoms with Crippen LogP contribution in [0.25, 0.3) is 0 Å². The van der Waals surface area contributed by atoms with Gasteiger partial charge in [0.2, 0.25) is 0 Å². The average molecular weight is 307 g/mol. The van der Waals surface area contributed by atoms with E-state index in [2.05, 4.69) is 14.9 Å². The molecule has 6 heteroatoms. The van der Waals surface area contributed by atoms with Crippen LogP contribution in [-0.2, 0) is 11.3 Å². The Bertz CT molecular complexity index is 503. The quantitative estimate of drug-likeness (QED) is 0.825. The number of aliphatic hydroxyl groups excluding tert-OH is 2. The molecule has 2 aliphatic rings. The average Bonchev–Trinajstić information content (AvgIpc) is 2.54. The zero-order valence-electron chi connectivity index (χ0n) is 13.1. The summed E-state index contributed by atoms with van der Waals surface area (Å²) in [7, 11) is 0. The molecule has 0 aromatic carbocycles. The lowest BCUT2D eigenvalue weighted by atomic mass is 9.58. The minimum atomic E-state index is -0.267. The first-order valence-electron chi connectivity index (χ1n) is 8.05. The highest BCUT2D eigenvalue weighted by Gasteiger charge is 2.56. The molecule has 1 aliphatic heterocycles. The zero-order valence-corrected chi connectivity index (χ0v) is 13.1. The van der Waals surface area contributed by atoms with E-state index in [0.717, 1.165) is 43.9 Å². The van der Waals surface area contributed by atoms with Crippen molar-refractivity contribution in [3.8, 4) is 0 Å². The Morgan fingerprint density at radius 3 is 2.68 bits per heavy atom. The fourth-order valence-electron chi connectivity index (χ4n) is 3.74. The molecule has 2 atom stereocenters. The summed E-state index contributed by atoms with van der Waals surface area (Å²) >= 11 is 0. The third-order valence-corrected chi connectivity index (χ3v) is 5.30. The normalized spacial score (nSPS) is 27.8. The summed E-state index contributed by atoms with van der Waals surface area (Å²) in [5.74, 6) is 0. The molecule has 122 valence electrons. The van der Waals surface area contributed by atoms with E-state index in [0.29, 0.717) is 13.0 Å². The lowest BCUT2D eigenvalue weighted by Crippen LogP contribution is -2.62. The van der Waals surface area contributed by atoms with Gasteiger partial charge in [-0.3, -0.25) is 14.9 Å². The largest absolute Gasteiger partial charge is 0.394 e. The number of aromatic nitrogens is 2. The number of nitrogens with zero attached hydrogens (tertiary/aromatic N) is 3. The van der Waals surface area contributed by atoms with Crippen molar-refractivity contribution < 1.29 is 14.9 Å². The summed E-state index contributed by atoms with van der Waals surface area (Å²) in [6.07, 6.45) is 5.85. The first kappa shape index (κ1) is 15.8. The number of aliphatic hydroxyl groups is 2. The highest BCUT2D eigenvalue weighted by atomic mass is 16.5. The van der Waals surface area contributed by atoms with Crippen LogP contribution >= 0.6 is 0 Å². The molecule has 2 N–H and O–H groups in total. The highest BCUT2D eigenvalue weighted by molar-refractivity contribution is 5.10. The van der Waals surface area contributed by atoms with Gasteiger partial charge < -0.3 is 14.9 Å². The van der Waals surface area contributed by atoms with E-state index in [4.69, 9.17) is 9.84 Å². The van der Waals surface area contributed by atoms with Crippen LogP contribution in [0.5, 0.6) is 0 Å². The van der Waals surface area contributed by atoms with Gasteiger partial charge in [0.15, 0.2) is 0 Å². The van der Waals surface area contributed by atoms with Crippen LogP contribution in [0.4, 0.5) is 0 Å². The number of hydrogen-bond acceptors (Lipinski definition) is 6. The molecule has 1 aromatic heterocycles. The second kappa shape index (κ2) is 6.58. The van der Waals surface area contributed by atoms with Crippen LogP contribution in [0.1, 0.15) is 30.7 Å². The monoisotopic (exact) mass is 307 g/mol. The number of rotatable bonds is 5. The minimum absolute atomic E-state index is 0.0424. The van der Waals surface area contributed by atoms with E-state index < -0.39 is 0 Å². The molecule has 1 saturated carbocycles. The van der Waals surface area contributed by atoms with Crippen molar-refractivity contribution in [2.75, 3.05) is 26.3 Å². The predicted molar refractivity (Wildman–Crippen MR) is 81.2 cm³/mol. The molecular formula is C16H25N3O3. The summed E-state index contributed by atoms with van der Waals surface area (Å²) < 4.78 is 5.71. The van der Waals surface area contributed by atoms with Gasteiger partial charge in [0, 0.05) is 30.8 Å². The molecule has 2 fully saturated rings. The van der Waals surface area contributed by atoms with Crippen molar-refractivity contribution in [3.63, 3.8) is 0 Å². The van der Waals surface area contributed by atoms with Crippen LogP contribution in [0.2, 0.25) is 0 Å². The second-order valence-corrected chi connectivity index (χ2v) is 6.43. The van der Waals surface area contributed by atoms with Crippen LogP contribution in [0.15, 0.2) is 12.4 Å². The highest BCUT2D eigenvalue weighted by Crippen LogP contribution is 2.51. The number of aryl methyl sites for hydroxylation is 1.